The van der Waals surface area contributed by atoms with Crippen LogP contribution in [0, 0.1) is 35.8 Å². The van der Waals surface area contributed by atoms with Crippen molar-refractivity contribution in [2.24, 2.45) is 0 Å². The van der Waals surface area contributed by atoms with E-state index in [0.717, 1.165) is 49.7 Å². The molecule has 0 saturated heterocycles. The summed E-state index contributed by atoms with van der Waals surface area (Å²) in [6.45, 7) is 15.9. The summed E-state index contributed by atoms with van der Waals surface area (Å²) in [5.74, 6) is 0. The number of nitrogens with zero attached hydrogens (tertiary/aromatic N) is 5. The van der Waals surface area contributed by atoms with E-state index < -0.39 is 0 Å². The number of aromatic nitrogens is 1. The molecule has 7 aromatic rings. The lowest BCUT2D eigenvalue weighted by atomic mass is 9.90. The number of hydrogen-bond acceptors (Lipinski definition) is 2. The van der Waals surface area contributed by atoms with E-state index in [4.69, 9.17) is 13.1 Å². The predicted octanol–water partition coefficient (Wildman–Crippen LogP) is 10.6. The Bertz CT molecular complexity index is 2400. The third-order valence-electron chi connectivity index (χ3n) is 8.13. The standard InChI is InChI=1S/C40H21N5/c1-43-35-20-11-21-36(44-2)39(35)34-23-37-33(22-32(34)26-12-5-3-6-13-26)30-18-10-19-31(38-27(24-41)14-9-15-28(38)25-42)40(30)45(37)29-16-7-4-8-17-29/h3-23H. The van der Waals surface area contributed by atoms with E-state index in [1.54, 1.807) is 36.4 Å². The van der Waals surface area contributed by atoms with Crippen molar-refractivity contribution in [3.05, 3.63) is 161 Å². The summed E-state index contributed by atoms with van der Waals surface area (Å²) in [6, 6.07) is 45.2. The van der Waals surface area contributed by atoms with E-state index in [2.05, 4.69) is 44.6 Å². The molecule has 1 heterocycles. The Morgan fingerprint density at radius 3 is 1.76 bits per heavy atom. The first-order valence-corrected chi connectivity index (χ1v) is 14.2. The Labute approximate surface area is 260 Å². The predicted molar refractivity (Wildman–Crippen MR) is 179 cm³/mol. The van der Waals surface area contributed by atoms with Gasteiger partial charge < -0.3 is 4.57 Å². The topological polar surface area (TPSA) is 61.2 Å². The second-order valence-corrected chi connectivity index (χ2v) is 10.5. The van der Waals surface area contributed by atoms with Gasteiger partial charge in [-0.15, -0.1) is 0 Å². The average molecular weight is 572 g/mol. The first-order valence-electron chi connectivity index (χ1n) is 14.2. The maximum atomic E-state index is 10.1. The molecule has 0 amide bonds. The third kappa shape index (κ3) is 4.29. The van der Waals surface area contributed by atoms with E-state index >= 15 is 0 Å². The molecule has 0 aliphatic rings. The molecule has 0 aliphatic heterocycles. The van der Waals surface area contributed by atoms with E-state index in [9.17, 15) is 10.5 Å². The van der Waals surface area contributed by atoms with Gasteiger partial charge in [-0.3, -0.25) is 0 Å². The van der Waals surface area contributed by atoms with Crippen LogP contribution in [0.2, 0.25) is 0 Å². The molecule has 0 saturated carbocycles. The van der Waals surface area contributed by atoms with Gasteiger partial charge in [0.05, 0.1) is 47.4 Å². The smallest absolute Gasteiger partial charge is 0.184 e. The van der Waals surface area contributed by atoms with E-state index in [1.807, 2.05) is 72.8 Å². The van der Waals surface area contributed by atoms with Crippen LogP contribution in [0.15, 0.2) is 127 Å². The zero-order chi connectivity index (χ0) is 30.9. The highest BCUT2D eigenvalue weighted by Gasteiger charge is 2.23. The quantitative estimate of drug-likeness (QED) is 0.197. The summed E-state index contributed by atoms with van der Waals surface area (Å²) in [5.41, 5.74) is 8.89. The van der Waals surface area contributed by atoms with Crippen molar-refractivity contribution in [3.63, 3.8) is 0 Å². The number of nitriles is 2. The molecular formula is C40H21N5. The minimum atomic E-state index is 0.407. The van der Waals surface area contributed by atoms with Crippen molar-refractivity contribution in [2.45, 2.75) is 0 Å². The van der Waals surface area contributed by atoms with Gasteiger partial charge >= 0.3 is 0 Å². The van der Waals surface area contributed by atoms with Crippen molar-refractivity contribution in [1.29, 1.82) is 10.5 Å². The molecule has 7 rings (SSSR count). The van der Waals surface area contributed by atoms with Crippen LogP contribution in [0.1, 0.15) is 11.1 Å². The molecule has 0 bridgehead atoms. The highest BCUT2D eigenvalue weighted by atomic mass is 15.0. The number of benzene rings is 6. The molecule has 6 aromatic carbocycles. The van der Waals surface area contributed by atoms with Crippen molar-refractivity contribution >= 4 is 33.2 Å². The Kier molecular flexibility index (Phi) is 6.62. The number of para-hydroxylation sites is 2. The first kappa shape index (κ1) is 26.9. The largest absolute Gasteiger partial charge is 0.309 e. The lowest BCUT2D eigenvalue weighted by molar-refractivity contribution is 1.18. The first-order chi connectivity index (χ1) is 22.2. The van der Waals surface area contributed by atoms with Gasteiger partial charge in [0.15, 0.2) is 11.4 Å². The Balaban J connectivity index is 1.72. The minimum absolute atomic E-state index is 0.407. The second-order valence-electron chi connectivity index (χ2n) is 10.5. The third-order valence-corrected chi connectivity index (χ3v) is 8.13. The summed E-state index contributed by atoms with van der Waals surface area (Å²) in [6.07, 6.45) is 0. The molecule has 206 valence electrons. The van der Waals surface area contributed by atoms with Crippen molar-refractivity contribution in [3.8, 4) is 51.2 Å². The lowest BCUT2D eigenvalue weighted by Gasteiger charge is -2.16. The zero-order valence-electron chi connectivity index (χ0n) is 23.9. The van der Waals surface area contributed by atoms with Crippen molar-refractivity contribution in [2.75, 3.05) is 0 Å². The average Bonchev–Trinajstić information content (AvgIpc) is 3.44. The van der Waals surface area contributed by atoms with Gasteiger partial charge in [-0.2, -0.15) is 10.5 Å². The van der Waals surface area contributed by atoms with Crippen LogP contribution in [0.25, 0.3) is 70.6 Å². The van der Waals surface area contributed by atoms with Crippen LogP contribution in [0.4, 0.5) is 11.4 Å². The molecule has 5 nitrogen and oxygen atoms in total. The Hall–Kier alpha value is -6.92. The number of fused-ring (bicyclic) bond motifs is 3. The molecule has 1 aromatic heterocycles. The minimum Gasteiger partial charge on any atom is -0.309 e. The maximum Gasteiger partial charge on any atom is 0.184 e. The van der Waals surface area contributed by atoms with Gasteiger partial charge in [0.2, 0.25) is 0 Å². The number of hydrogen-bond donors (Lipinski definition) is 0. The normalized spacial score (nSPS) is 10.6. The fraction of sp³-hybridized carbons (Fsp3) is 0. The van der Waals surface area contributed by atoms with Crippen molar-refractivity contribution in [1.82, 2.24) is 4.57 Å². The van der Waals surface area contributed by atoms with E-state index in [-0.39, 0.29) is 0 Å². The second kappa shape index (κ2) is 11.1. The van der Waals surface area contributed by atoms with Gasteiger partial charge in [0, 0.05) is 27.6 Å². The van der Waals surface area contributed by atoms with Crippen LogP contribution < -0.4 is 0 Å². The highest BCUT2D eigenvalue weighted by Crippen LogP contribution is 2.48. The number of rotatable bonds is 4. The summed E-state index contributed by atoms with van der Waals surface area (Å²) >= 11 is 0. The summed E-state index contributed by atoms with van der Waals surface area (Å²) in [5, 5.41) is 22.1. The van der Waals surface area contributed by atoms with Crippen LogP contribution >= 0.6 is 0 Å². The van der Waals surface area contributed by atoms with Crippen LogP contribution in [-0.4, -0.2) is 4.57 Å². The maximum absolute atomic E-state index is 10.1. The Morgan fingerprint density at radius 1 is 0.533 bits per heavy atom. The van der Waals surface area contributed by atoms with E-state index in [0.29, 0.717) is 33.6 Å². The van der Waals surface area contributed by atoms with Crippen LogP contribution in [0.5, 0.6) is 0 Å². The lowest BCUT2D eigenvalue weighted by Crippen LogP contribution is -1.98. The van der Waals surface area contributed by atoms with Gasteiger partial charge in [0.25, 0.3) is 0 Å². The summed E-state index contributed by atoms with van der Waals surface area (Å²) in [4.78, 5) is 7.65. The van der Waals surface area contributed by atoms with Crippen LogP contribution in [0.3, 0.4) is 0 Å². The SMILES string of the molecule is [C-]#[N+]c1cccc([N+]#[C-])c1-c1cc2c(cc1-c1ccccc1)c1cccc(-c3c(C#N)cccc3C#N)c1n2-c1ccccc1. The fourth-order valence-corrected chi connectivity index (χ4v) is 6.24. The highest BCUT2D eigenvalue weighted by molar-refractivity contribution is 6.17. The van der Waals surface area contributed by atoms with Crippen LogP contribution in [-0.2, 0) is 0 Å². The molecule has 0 fully saturated rings. The molecule has 5 heteroatoms. The summed E-state index contributed by atoms with van der Waals surface area (Å²) in [7, 11) is 0. The Morgan fingerprint density at radius 2 is 1.13 bits per heavy atom. The molecule has 0 N–H and O–H groups in total. The molecule has 0 aliphatic carbocycles. The summed E-state index contributed by atoms with van der Waals surface area (Å²) < 4.78 is 2.16. The molecular weight excluding hydrogens is 550 g/mol. The molecule has 0 spiro atoms. The molecule has 45 heavy (non-hydrogen) atoms. The molecule has 0 unspecified atom stereocenters. The molecule has 0 atom stereocenters. The molecule has 0 radical (unpaired) electrons. The zero-order valence-corrected chi connectivity index (χ0v) is 23.9. The van der Waals surface area contributed by atoms with Gasteiger partial charge in [-0.1, -0.05) is 91.0 Å². The van der Waals surface area contributed by atoms with Gasteiger partial charge in [-0.05, 0) is 58.7 Å². The van der Waals surface area contributed by atoms with Gasteiger partial charge in [-0.25, -0.2) is 9.69 Å². The van der Waals surface area contributed by atoms with E-state index in [1.165, 1.54) is 0 Å². The fourth-order valence-electron chi connectivity index (χ4n) is 6.24. The van der Waals surface area contributed by atoms with Gasteiger partial charge in [0.1, 0.15) is 0 Å². The van der Waals surface area contributed by atoms with Crippen molar-refractivity contribution < 1.29 is 0 Å². The monoisotopic (exact) mass is 571 g/mol.